The number of hydrogen-bond acceptors (Lipinski definition) is 6. The molecule has 1 aliphatic heterocycles. The highest BCUT2D eigenvalue weighted by Crippen LogP contribution is 2.63. The van der Waals surface area contributed by atoms with Crippen molar-refractivity contribution in [3.8, 4) is 0 Å². The van der Waals surface area contributed by atoms with Crippen LogP contribution in [0.4, 0.5) is 0 Å². The maximum Gasteiger partial charge on any atom is 0.310 e. The third-order valence-electron chi connectivity index (χ3n) is 7.37. The van der Waals surface area contributed by atoms with Crippen molar-refractivity contribution in [1.82, 2.24) is 0 Å². The van der Waals surface area contributed by atoms with Gasteiger partial charge in [0.1, 0.15) is 11.9 Å². The van der Waals surface area contributed by atoms with Crippen molar-refractivity contribution in [3.63, 3.8) is 0 Å². The molecule has 0 aromatic carbocycles. The third kappa shape index (κ3) is 2.64. The Kier molecular flexibility index (Phi) is 4.40. The number of methoxy groups -OCH3 is 1. The summed E-state index contributed by atoms with van der Waals surface area (Å²) in [5, 5.41) is 0. The Morgan fingerprint density at radius 1 is 1.30 bits per heavy atom. The van der Waals surface area contributed by atoms with Crippen LogP contribution >= 0.6 is 0 Å². The molecule has 0 amide bonds. The van der Waals surface area contributed by atoms with Crippen LogP contribution in [0, 0.1) is 35.0 Å². The molecule has 2 aliphatic carbocycles. The molecule has 0 N–H and O–H groups in total. The number of carbonyl (C=O) groups is 3. The quantitative estimate of drug-likeness (QED) is 0.755. The predicted molar refractivity (Wildman–Crippen MR) is 94.3 cm³/mol. The summed E-state index contributed by atoms with van der Waals surface area (Å²) in [7, 11) is 1.40. The minimum Gasteiger partial charge on any atom is -0.472 e. The zero-order valence-corrected chi connectivity index (χ0v) is 16.0. The maximum absolute atomic E-state index is 12.9. The zero-order valence-electron chi connectivity index (χ0n) is 16.0. The van der Waals surface area contributed by atoms with E-state index >= 15 is 0 Å². The lowest BCUT2D eigenvalue weighted by atomic mass is 9.47. The molecule has 4 rings (SSSR count). The van der Waals surface area contributed by atoms with Crippen LogP contribution in [0.2, 0.25) is 0 Å². The van der Waals surface area contributed by atoms with Crippen LogP contribution in [0.1, 0.15) is 51.2 Å². The van der Waals surface area contributed by atoms with E-state index in [2.05, 4.69) is 6.92 Å². The summed E-state index contributed by atoms with van der Waals surface area (Å²) in [6.07, 6.45) is 5.74. The van der Waals surface area contributed by atoms with Gasteiger partial charge in [0.25, 0.3) is 0 Å². The Bertz CT molecular complexity index is 753. The van der Waals surface area contributed by atoms with Gasteiger partial charge >= 0.3 is 11.9 Å². The second kappa shape index (κ2) is 6.50. The molecule has 146 valence electrons. The first-order valence-electron chi connectivity index (χ1n) is 9.69. The van der Waals surface area contributed by atoms with Crippen molar-refractivity contribution in [2.75, 3.05) is 7.11 Å². The van der Waals surface area contributed by atoms with E-state index in [9.17, 15) is 14.4 Å². The summed E-state index contributed by atoms with van der Waals surface area (Å²) in [6.45, 7) is 3.64. The number of rotatable bonds is 3. The number of carbonyl (C=O) groups excluding carboxylic acids is 3. The minimum atomic E-state index is -0.460. The van der Waals surface area contributed by atoms with Gasteiger partial charge in [0.2, 0.25) is 0 Å². The highest BCUT2D eigenvalue weighted by molar-refractivity contribution is 5.84. The lowest BCUT2D eigenvalue weighted by Gasteiger charge is -2.54. The minimum absolute atomic E-state index is 0.0142. The molecule has 27 heavy (non-hydrogen) atoms. The van der Waals surface area contributed by atoms with Gasteiger partial charge in [0, 0.05) is 17.4 Å². The van der Waals surface area contributed by atoms with Crippen molar-refractivity contribution in [2.24, 2.45) is 35.0 Å². The van der Waals surface area contributed by atoms with Crippen LogP contribution in [0.5, 0.6) is 0 Å². The Hall–Kier alpha value is -2.11. The van der Waals surface area contributed by atoms with Crippen LogP contribution in [0.3, 0.4) is 0 Å². The summed E-state index contributed by atoms with van der Waals surface area (Å²) < 4.78 is 16.0. The van der Waals surface area contributed by atoms with Gasteiger partial charge in [0.05, 0.1) is 31.5 Å². The maximum atomic E-state index is 12.9. The second-order valence-corrected chi connectivity index (χ2v) is 8.56. The number of furan rings is 1. The van der Waals surface area contributed by atoms with E-state index in [4.69, 9.17) is 13.9 Å². The first kappa shape index (κ1) is 18.3. The average molecular weight is 374 g/mol. The SMILES string of the molecule is COC(=O)[C@H]1CCC[C@H]2[C@H]3C(=O)O[C@@H](c4ccoc4)[C@@H]3[C@@H](C(C)=O)C[C@@]12C. The fourth-order valence-electron chi connectivity index (χ4n) is 6.15. The number of cyclic esters (lactones) is 1. The van der Waals surface area contributed by atoms with Gasteiger partial charge < -0.3 is 13.9 Å². The first-order chi connectivity index (χ1) is 12.9. The van der Waals surface area contributed by atoms with Gasteiger partial charge in [-0.2, -0.15) is 0 Å². The molecule has 2 saturated carbocycles. The molecule has 1 saturated heterocycles. The van der Waals surface area contributed by atoms with E-state index in [0.29, 0.717) is 6.42 Å². The molecule has 0 spiro atoms. The first-order valence-corrected chi connectivity index (χ1v) is 9.69. The van der Waals surface area contributed by atoms with Crippen LogP contribution < -0.4 is 0 Å². The summed E-state index contributed by atoms with van der Waals surface area (Å²) in [6, 6.07) is 1.80. The molecule has 1 aromatic heterocycles. The number of fused-ring (bicyclic) bond motifs is 3. The summed E-state index contributed by atoms with van der Waals surface area (Å²) in [5.74, 6) is -1.62. The summed E-state index contributed by atoms with van der Waals surface area (Å²) in [5.41, 5.74) is 0.360. The molecule has 6 nitrogen and oxygen atoms in total. The highest BCUT2D eigenvalue weighted by atomic mass is 16.6. The van der Waals surface area contributed by atoms with Crippen molar-refractivity contribution < 1.29 is 28.3 Å². The van der Waals surface area contributed by atoms with Crippen LogP contribution in [0.25, 0.3) is 0 Å². The van der Waals surface area contributed by atoms with Crippen LogP contribution in [-0.4, -0.2) is 24.8 Å². The lowest BCUT2D eigenvalue weighted by molar-refractivity contribution is -0.167. The Balaban J connectivity index is 1.78. The Morgan fingerprint density at radius 3 is 2.70 bits per heavy atom. The molecule has 1 aromatic rings. The molecule has 2 heterocycles. The van der Waals surface area contributed by atoms with Gasteiger partial charge in [-0.05, 0) is 43.6 Å². The van der Waals surface area contributed by atoms with Crippen molar-refractivity contribution in [1.29, 1.82) is 0 Å². The fourth-order valence-corrected chi connectivity index (χ4v) is 6.15. The number of hydrogen-bond donors (Lipinski definition) is 0. The molecular weight excluding hydrogens is 348 g/mol. The molecule has 3 aliphatic rings. The standard InChI is InChI=1S/C21H26O6/c1-11(22)13-9-21(2)14(5-4-6-15(21)19(23)25-3)17-16(13)18(27-20(17)24)12-7-8-26-10-12/h7-8,10,13-18H,4-6,9H2,1-3H3/t13-,14+,15-,16-,17-,18+,21-/m1/s1. The van der Waals surface area contributed by atoms with E-state index < -0.39 is 11.5 Å². The van der Waals surface area contributed by atoms with Crippen molar-refractivity contribution in [3.05, 3.63) is 24.2 Å². The molecule has 6 heteroatoms. The normalized spacial score (nSPS) is 40.6. The van der Waals surface area contributed by atoms with Gasteiger partial charge in [-0.25, -0.2) is 0 Å². The number of Topliss-reactive ketones (excluding diaryl/α,β-unsaturated/α-hetero) is 1. The van der Waals surface area contributed by atoms with Gasteiger partial charge in [-0.15, -0.1) is 0 Å². The Labute approximate surface area is 158 Å². The predicted octanol–water partition coefficient (Wildman–Crippen LogP) is 3.31. The molecule has 0 radical (unpaired) electrons. The number of ketones is 1. The van der Waals surface area contributed by atoms with Gasteiger partial charge in [0.15, 0.2) is 0 Å². The monoisotopic (exact) mass is 374 g/mol. The van der Waals surface area contributed by atoms with Gasteiger partial charge in [-0.3, -0.25) is 14.4 Å². The third-order valence-corrected chi connectivity index (χ3v) is 7.37. The topological polar surface area (TPSA) is 82.8 Å². The second-order valence-electron chi connectivity index (χ2n) is 8.56. The molecule has 3 fully saturated rings. The summed E-state index contributed by atoms with van der Waals surface area (Å²) >= 11 is 0. The van der Waals surface area contributed by atoms with E-state index in [1.165, 1.54) is 7.11 Å². The molecule has 0 bridgehead atoms. The van der Waals surface area contributed by atoms with Crippen LogP contribution in [0.15, 0.2) is 23.0 Å². The highest BCUT2D eigenvalue weighted by Gasteiger charge is 2.64. The van der Waals surface area contributed by atoms with Crippen LogP contribution in [-0.2, 0) is 23.9 Å². The van der Waals surface area contributed by atoms with Gasteiger partial charge in [-0.1, -0.05) is 13.3 Å². The van der Waals surface area contributed by atoms with Crippen molar-refractivity contribution >= 4 is 17.7 Å². The largest absolute Gasteiger partial charge is 0.472 e. The van der Waals surface area contributed by atoms with E-state index in [1.54, 1.807) is 25.5 Å². The molecular formula is C21H26O6. The van der Waals surface area contributed by atoms with E-state index in [0.717, 1.165) is 24.8 Å². The van der Waals surface area contributed by atoms with E-state index in [1.807, 2.05) is 0 Å². The smallest absolute Gasteiger partial charge is 0.310 e. The lowest BCUT2D eigenvalue weighted by Crippen LogP contribution is -2.55. The average Bonchev–Trinajstić information content (AvgIpc) is 3.27. The number of ether oxygens (including phenoxy) is 2. The molecule has 7 atom stereocenters. The number of esters is 2. The zero-order chi connectivity index (χ0) is 19.3. The Morgan fingerprint density at radius 2 is 2.07 bits per heavy atom. The molecule has 0 unspecified atom stereocenters. The fraction of sp³-hybridized carbons (Fsp3) is 0.667. The van der Waals surface area contributed by atoms with Crippen molar-refractivity contribution in [2.45, 2.75) is 45.6 Å². The van der Waals surface area contributed by atoms with E-state index in [-0.39, 0.29) is 47.3 Å². The summed E-state index contributed by atoms with van der Waals surface area (Å²) in [4.78, 5) is 38.1.